The van der Waals surface area contributed by atoms with E-state index in [0.717, 1.165) is 51.3 Å². The second kappa shape index (κ2) is 7.68. The van der Waals surface area contributed by atoms with Crippen molar-refractivity contribution < 1.29 is 4.79 Å². The number of aromatic nitrogens is 2. The Hall–Kier alpha value is -2.18. The molecule has 2 aromatic rings. The molecule has 150 valence electrons. The molecule has 1 amide bonds. The average molecular weight is 382 g/mol. The van der Waals surface area contributed by atoms with Crippen LogP contribution in [0.1, 0.15) is 30.4 Å². The molecule has 0 bridgehead atoms. The maximum absolute atomic E-state index is 12.2. The molecule has 1 aromatic carbocycles. The Labute approximate surface area is 167 Å². The maximum Gasteiger partial charge on any atom is 0.222 e. The first-order valence-electron chi connectivity index (χ1n) is 10.2. The van der Waals surface area contributed by atoms with Crippen LogP contribution < -0.4 is 0 Å². The van der Waals surface area contributed by atoms with Crippen LogP contribution in [0.2, 0.25) is 0 Å². The summed E-state index contributed by atoms with van der Waals surface area (Å²) in [7, 11) is 4.17. The number of hydrogen-bond acceptors (Lipinski definition) is 4. The van der Waals surface area contributed by atoms with Gasteiger partial charge < -0.3 is 4.90 Å². The first-order valence-corrected chi connectivity index (χ1v) is 10.2. The highest BCUT2D eigenvalue weighted by atomic mass is 16.2. The van der Waals surface area contributed by atoms with Crippen molar-refractivity contribution in [1.82, 2.24) is 24.5 Å². The molecule has 6 heteroatoms. The zero-order valence-corrected chi connectivity index (χ0v) is 17.3. The largest absolute Gasteiger partial charge is 0.346 e. The quantitative estimate of drug-likeness (QED) is 0.818. The van der Waals surface area contributed by atoms with E-state index in [9.17, 15) is 4.79 Å². The summed E-state index contributed by atoms with van der Waals surface area (Å²) in [5.74, 6) is 0.285. The Balaban J connectivity index is 1.49. The highest BCUT2D eigenvalue weighted by molar-refractivity contribution is 5.76. The summed E-state index contributed by atoms with van der Waals surface area (Å²) in [6.07, 6.45) is 6.46. The molecule has 2 fully saturated rings. The minimum atomic E-state index is 0.113. The van der Waals surface area contributed by atoms with Crippen LogP contribution in [0.4, 0.5) is 0 Å². The summed E-state index contributed by atoms with van der Waals surface area (Å²) < 4.78 is 1.90. The number of nitrogens with zero attached hydrogens (tertiary/aromatic N) is 5. The Morgan fingerprint density at radius 3 is 2.75 bits per heavy atom. The minimum absolute atomic E-state index is 0.113. The van der Waals surface area contributed by atoms with Crippen molar-refractivity contribution in [3.63, 3.8) is 0 Å². The molecule has 1 unspecified atom stereocenters. The molecular formula is C22H31N5O. The third-order valence-electron chi connectivity index (χ3n) is 6.71. The van der Waals surface area contributed by atoms with Gasteiger partial charge in [0.05, 0.1) is 5.69 Å². The number of rotatable bonds is 3. The van der Waals surface area contributed by atoms with Gasteiger partial charge in [0.1, 0.15) is 0 Å². The topological polar surface area (TPSA) is 44.6 Å². The van der Waals surface area contributed by atoms with Gasteiger partial charge in [-0.1, -0.05) is 6.07 Å². The summed E-state index contributed by atoms with van der Waals surface area (Å²) in [6.45, 7) is 7.17. The van der Waals surface area contributed by atoms with Gasteiger partial charge in [0, 0.05) is 64.1 Å². The Morgan fingerprint density at radius 2 is 2.00 bits per heavy atom. The summed E-state index contributed by atoms with van der Waals surface area (Å²) in [5.41, 5.74) is 3.89. The predicted octanol–water partition coefficient (Wildman–Crippen LogP) is 2.31. The van der Waals surface area contributed by atoms with Crippen LogP contribution in [-0.2, 0) is 11.3 Å². The van der Waals surface area contributed by atoms with E-state index in [1.54, 1.807) is 0 Å². The lowest BCUT2D eigenvalue weighted by Gasteiger charge is -2.49. The zero-order chi connectivity index (χ0) is 19.7. The molecule has 2 aliphatic rings. The minimum Gasteiger partial charge on any atom is -0.346 e. The number of amides is 1. The normalized spacial score (nSPS) is 24.7. The molecule has 3 heterocycles. The van der Waals surface area contributed by atoms with Crippen LogP contribution in [0, 0.1) is 6.92 Å². The van der Waals surface area contributed by atoms with E-state index in [0.29, 0.717) is 6.42 Å². The SMILES string of the molecule is Cc1cc(-n2cccn2)ccc1CN1CCN(C)C2(CCC(=O)N(C)CC2)C1. The number of carbonyl (C=O) groups excluding carboxylic acids is 1. The molecule has 28 heavy (non-hydrogen) atoms. The summed E-state index contributed by atoms with van der Waals surface area (Å²) in [5, 5.41) is 4.33. The van der Waals surface area contributed by atoms with E-state index >= 15 is 0 Å². The first kappa shape index (κ1) is 19.2. The second-order valence-electron chi connectivity index (χ2n) is 8.48. The lowest BCUT2D eigenvalue weighted by Crippen LogP contribution is -2.60. The molecule has 0 radical (unpaired) electrons. The molecule has 0 aliphatic carbocycles. The van der Waals surface area contributed by atoms with Crippen LogP contribution in [0.5, 0.6) is 0 Å². The van der Waals surface area contributed by atoms with Crippen LogP contribution in [0.3, 0.4) is 0 Å². The molecule has 0 N–H and O–H groups in total. The Morgan fingerprint density at radius 1 is 1.14 bits per heavy atom. The Bertz CT molecular complexity index is 833. The highest BCUT2D eigenvalue weighted by Gasteiger charge is 2.41. The van der Waals surface area contributed by atoms with E-state index < -0.39 is 0 Å². The molecule has 6 nitrogen and oxygen atoms in total. The number of aryl methyl sites for hydroxylation is 1. The van der Waals surface area contributed by atoms with Crippen molar-refractivity contribution in [3.05, 3.63) is 47.8 Å². The summed E-state index contributed by atoms with van der Waals surface area (Å²) >= 11 is 0. The maximum atomic E-state index is 12.2. The number of carbonyl (C=O) groups is 1. The van der Waals surface area contributed by atoms with Gasteiger partial charge in [-0.3, -0.25) is 14.6 Å². The van der Waals surface area contributed by atoms with Crippen molar-refractivity contribution in [3.8, 4) is 5.69 Å². The number of piperazine rings is 1. The van der Waals surface area contributed by atoms with Crippen LogP contribution in [-0.4, -0.2) is 76.2 Å². The molecule has 1 atom stereocenters. The van der Waals surface area contributed by atoms with Crippen LogP contribution >= 0.6 is 0 Å². The van der Waals surface area contributed by atoms with E-state index in [-0.39, 0.29) is 11.4 Å². The smallest absolute Gasteiger partial charge is 0.222 e. The van der Waals surface area contributed by atoms with Gasteiger partial charge in [-0.2, -0.15) is 5.10 Å². The lowest BCUT2D eigenvalue weighted by atomic mass is 9.86. The third-order valence-corrected chi connectivity index (χ3v) is 6.71. The number of hydrogen-bond donors (Lipinski definition) is 0. The Kier molecular flexibility index (Phi) is 5.25. The fourth-order valence-electron chi connectivity index (χ4n) is 4.64. The molecule has 2 aliphatic heterocycles. The van der Waals surface area contributed by atoms with Crippen molar-refractivity contribution in [2.24, 2.45) is 0 Å². The van der Waals surface area contributed by atoms with E-state index in [1.165, 1.54) is 11.1 Å². The second-order valence-corrected chi connectivity index (χ2v) is 8.48. The summed E-state index contributed by atoms with van der Waals surface area (Å²) in [6, 6.07) is 8.55. The third kappa shape index (κ3) is 3.71. The zero-order valence-electron chi connectivity index (χ0n) is 17.3. The monoisotopic (exact) mass is 381 g/mol. The number of likely N-dealkylation sites (N-methyl/N-ethyl adjacent to an activating group) is 1. The van der Waals surface area contributed by atoms with Crippen LogP contribution in [0.25, 0.3) is 5.69 Å². The van der Waals surface area contributed by atoms with Gasteiger partial charge >= 0.3 is 0 Å². The van der Waals surface area contributed by atoms with Gasteiger partial charge in [-0.05, 0) is 56.1 Å². The van der Waals surface area contributed by atoms with Crippen LogP contribution in [0.15, 0.2) is 36.7 Å². The van der Waals surface area contributed by atoms with E-state index in [2.05, 4.69) is 47.1 Å². The molecule has 4 rings (SSSR count). The van der Waals surface area contributed by atoms with Gasteiger partial charge in [0.2, 0.25) is 5.91 Å². The van der Waals surface area contributed by atoms with Crippen molar-refractivity contribution in [1.29, 1.82) is 0 Å². The van der Waals surface area contributed by atoms with Gasteiger partial charge in [0.15, 0.2) is 0 Å². The molecule has 1 aromatic heterocycles. The number of benzene rings is 1. The van der Waals surface area contributed by atoms with Crippen molar-refractivity contribution in [2.75, 3.05) is 40.3 Å². The molecule has 2 saturated heterocycles. The van der Waals surface area contributed by atoms with E-state index in [1.807, 2.05) is 35.1 Å². The van der Waals surface area contributed by atoms with Gasteiger partial charge in [-0.15, -0.1) is 0 Å². The molecule has 1 spiro atoms. The van der Waals surface area contributed by atoms with Gasteiger partial charge in [0.25, 0.3) is 0 Å². The lowest BCUT2D eigenvalue weighted by molar-refractivity contribution is -0.129. The average Bonchev–Trinajstić information content (AvgIpc) is 3.18. The fourth-order valence-corrected chi connectivity index (χ4v) is 4.64. The highest BCUT2D eigenvalue weighted by Crippen LogP contribution is 2.32. The van der Waals surface area contributed by atoms with Crippen molar-refractivity contribution >= 4 is 5.91 Å². The van der Waals surface area contributed by atoms with E-state index in [4.69, 9.17) is 0 Å². The first-order chi connectivity index (χ1) is 13.5. The molecule has 0 saturated carbocycles. The number of likely N-dealkylation sites (tertiary alicyclic amines) is 1. The standard InChI is InChI=1S/C22H31N5O/c1-18-15-20(27-11-4-10-23-27)6-5-19(18)16-26-14-13-25(3)22(17-26)8-7-21(28)24(2)12-9-22/h4-6,10-11,15H,7-9,12-14,16-17H2,1-3H3. The molecular weight excluding hydrogens is 350 g/mol. The predicted molar refractivity (Wildman–Crippen MR) is 110 cm³/mol. The van der Waals surface area contributed by atoms with Gasteiger partial charge in [-0.25, -0.2) is 4.68 Å². The fraction of sp³-hybridized carbons (Fsp3) is 0.545. The van der Waals surface area contributed by atoms with Crippen molar-refractivity contribution in [2.45, 2.75) is 38.3 Å². The summed E-state index contributed by atoms with van der Waals surface area (Å²) in [4.78, 5) is 19.2.